The quantitative estimate of drug-likeness (QED) is 0.709. The molecule has 2 aromatic heterocycles. The van der Waals surface area contributed by atoms with E-state index in [9.17, 15) is 9.59 Å². The first-order chi connectivity index (χ1) is 13.6. The zero-order chi connectivity index (χ0) is 19.5. The number of benzene rings is 1. The van der Waals surface area contributed by atoms with Crippen LogP contribution in [-0.4, -0.2) is 51.8 Å². The van der Waals surface area contributed by atoms with Gasteiger partial charge < -0.3 is 15.5 Å². The second-order valence-corrected chi connectivity index (χ2v) is 6.73. The minimum atomic E-state index is -0.150. The number of fused-ring (bicyclic) bond motifs is 1. The number of nitrogens with one attached hydrogen (secondary N) is 2. The lowest BCUT2D eigenvalue weighted by Gasteiger charge is -2.32. The van der Waals surface area contributed by atoms with Gasteiger partial charge in [-0.15, -0.1) is 15.3 Å². The van der Waals surface area contributed by atoms with E-state index in [1.54, 1.807) is 42.2 Å². The standard InChI is InChI=1S/C19H21N7O2/c1-20-18(27)13-2-4-15(5-3-13)22-19(28)14-8-10-25(11-9-14)17-7-6-16-23-21-12-26(16)24-17/h2-7,12,14H,8-11H2,1H3,(H,20,27)(H,22,28). The van der Waals surface area contributed by atoms with Gasteiger partial charge in [0.25, 0.3) is 5.91 Å². The summed E-state index contributed by atoms with van der Waals surface area (Å²) in [6, 6.07) is 10.7. The first kappa shape index (κ1) is 17.9. The van der Waals surface area contributed by atoms with Crippen LogP contribution < -0.4 is 15.5 Å². The zero-order valence-corrected chi connectivity index (χ0v) is 15.5. The highest BCUT2D eigenvalue weighted by Gasteiger charge is 2.26. The molecule has 0 unspecified atom stereocenters. The van der Waals surface area contributed by atoms with Crippen molar-refractivity contribution in [3.8, 4) is 0 Å². The molecule has 1 aromatic carbocycles. The van der Waals surface area contributed by atoms with Crippen LogP contribution in [-0.2, 0) is 4.79 Å². The number of aromatic nitrogens is 4. The Kier molecular flexibility index (Phi) is 4.88. The molecule has 1 aliphatic rings. The number of hydrogen-bond donors (Lipinski definition) is 2. The molecule has 1 fully saturated rings. The number of carbonyl (C=O) groups excluding carboxylic acids is 2. The molecule has 0 spiro atoms. The van der Waals surface area contributed by atoms with Crippen LogP contribution in [0.2, 0.25) is 0 Å². The van der Waals surface area contributed by atoms with Crippen LogP contribution in [0.15, 0.2) is 42.7 Å². The van der Waals surface area contributed by atoms with Crippen molar-refractivity contribution in [2.75, 3.05) is 30.4 Å². The van der Waals surface area contributed by atoms with Crippen LogP contribution >= 0.6 is 0 Å². The highest BCUT2D eigenvalue weighted by molar-refractivity contribution is 5.96. The summed E-state index contributed by atoms with van der Waals surface area (Å²) in [5.74, 6) is 0.669. The van der Waals surface area contributed by atoms with Gasteiger partial charge in [0.2, 0.25) is 5.91 Å². The third kappa shape index (κ3) is 3.64. The first-order valence-corrected chi connectivity index (χ1v) is 9.19. The average molecular weight is 379 g/mol. The topological polar surface area (TPSA) is 105 Å². The molecule has 9 nitrogen and oxygen atoms in total. The van der Waals surface area contributed by atoms with Gasteiger partial charge in [0.1, 0.15) is 12.1 Å². The number of piperidine rings is 1. The Bertz CT molecular complexity index is 991. The van der Waals surface area contributed by atoms with Gasteiger partial charge in [-0.05, 0) is 49.2 Å². The second-order valence-electron chi connectivity index (χ2n) is 6.73. The molecule has 9 heteroatoms. The van der Waals surface area contributed by atoms with E-state index in [4.69, 9.17) is 0 Å². The number of hydrogen-bond acceptors (Lipinski definition) is 6. The summed E-state index contributed by atoms with van der Waals surface area (Å²) in [4.78, 5) is 26.3. The van der Waals surface area contributed by atoms with Crippen molar-refractivity contribution in [2.24, 2.45) is 5.92 Å². The first-order valence-electron chi connectivity index (χ1n) is 9.19. The van der Waals surface area contributed by atoms with E-state index in [1.807, 2.05) is 12.1 Å². The Hall–Kier alpha value is -3.49. The minimum Gasteiger partial charge on any atom is -0.355 e. The highest BCUT2D eigenvalue weighted by atomic mass is 16.2. The Labute approximate surface area is 161 Å². The second kappa shape index (κ2) is 7.63. The van der Waals surface area contributed by atoms with Crippen LogP contribution in [0.5, 0.6) is 0 Å². The third-order valence-corrected chi connectivity index (χ3v) is 4.98. The Morgan fingerprint density at radius 3 is 2.54 bits per heavy atom. The molecular formula is C19H21N7O2. The van der Waals surface area contributed by atoms with Gasteiger partial charge in [0, 0.05) is 37.3 Å². The molecule has 4 rings (SSSR count). The molecule has 2 amide bonds. The number of nitrogens with zero attached hydrogens (tertiary/aromatic N) is 5. The molecule has 0 atom stereocenters. The fourth-order valence-corrected chi connectivity index (χ4v) is 3.35. The summed E-state index contributed by atoms with van der Waals surface area (Å²) >= 11 is 0. The minimum absolute atomic E-state index is 0.00886. The van der Waals surface area contributed by atoms with E-state index in [2.05, 4.69) is 30.8 Å². The van der Waals surface area contributed by atoms with Gasteiger partial charge in [0.15, 0.2) is 5.65 Å². The highest BCUT2D eigenvalue weighted by Crippen LogP contribution is 2.23. The van der Waals surface area contributed by atoms with Crippen molar-refractivity contribution in [1.29, 1.82) is 0 Å². The van der Waals surface area contributed by atoms with Crippen LogP contribution in [0.4, 0.5) is 11.5 Å². The number of rotatable bonds is 4. The lowest BCUT2D eigenvalue weighted by atomic mass is 9.95. The van der Waals surface area contributed by atoms with Crippen molar-refractivity contribution in [3.05, 3.63) is 48.3 Å². The molecule has 0 bridgehead atoms. The molecule has 0 aliphatic carbocycles. The van der Waals surface area contributed by atoms with E-state index in [1.165, 1.54) is 0 Å². The number of amides is 2. The summed E-state index contributed by atoms with van der Waals surface area (Å²) in [6.07, 6.45) is 3.09. The largest absolute Gasteiger partial charge is 0.355 e. The van der Waals surface area contributed by atoms with Gasteiger partial charge >= 0.3 is 0 Å². The molecule has 3 aromatic rings. The van der Waals surface area contributed by atoms with Gasteiger partial charge in [-0.2, -0.15) is 4.52 Å². The van der Waals surface area contributed by atoms with E-state index < -0.39 is 0 Å². The van der Waals surface area contributed by atoms with Crippen molar-refractivity contribution in [1.82, 2.24) is 25.1 Å². The third-order valence-electron chi connectivity index (χ3n) is 4.98. The van der Waals surface area contributed by atoms with Crippen LogP contribution in [0.25, 0.3) is 5.65 Å². The maximum absolute atomic E-state index is 12.6. The van der Waals surface area contributed by atoms with E-state index in [0.717, 1.165) is 31.7 Å². The molecule has 1 aliphatic heterocycles. The van der Waals surface area contributed by atoms with Crippen molar-refractivity contribution in [2.45, 2.75) is 12.8 Å². The summed E-state index contributed by atoms with van der Waals surface area (Å²) in [5, 5.41) is 17.8. The zero-order valence-electron chi connectivity index (χ0n) is 15.5. The molecule has 1 saturated heterocycles. The smallest absolute Gasteiger partial charge is 0.251 e. The van der Waals surface area contributed by atoms with Gasteiger partial charge in [-0.1, -0.05) is 0 Å². The lowest BCUT2D eigenvalue weighted by molar-refractivity contribution is -0.120. The fraction of sp³-hybridized carbons (Fsp3) is 0.316. The maximum atomic E-state index is 12.6. The average Bonchev–Trinajstić information content (AvgIpc) is 3.21. The normalized spacial score (nSPS) is 14.8. The SMILES string of the molecule is CNC(=O)c1ccc(NC(=O)C2CCN(c3ccc4nncn4n3)CC2)cc1. The summed E-state index contributed by atoms with van der Waals surface area (Å²) < 4.78 is 1.65. The van der Waals surface area contributed by atoms with E-state index in [0.29, 0.717) is 16.9 Å². The summed E-state index contributed by atoms with van der Waals surface area (Å²) in [6.45, 7) is 1.52. The predicted molar refractivity (Wildman–Crippen MR) is 104 cm³/mol. The summed E-state index contributed by atoms with van der Waals surface area (Å²) in [7, 11) is 1.59. The fourth-order valence-electron chi connectivity index (χ4n) is 3.35. The van der Waals surface area contributed by atoms with Crippen molar-refractivity contribution in [3.63, 3.8) is 0 Å². The molecule has 2 N–H and O–H groups in total. The predicted octanol–water partition coefficient (Wildman–Crippen LogP) is 1.34. The molecule has 28 heavy (non-hydrogen) atoms. The Morgan fingerprint density at radius 2 is 1.82 bits per heavy atom. The molecule has 144 valence electrons. The lowest BCUT2D eigenvalue weighted by Crippen LogP contribution is -2.38. The van der Waals surface area contributed by atoms with E-state index in [-0.39, 0.29) is 17.7 Å². The van der Waals surface area contributed by atoms with Gasteiger partial charge in [-0.3, -0.25) is 9.59 Å². The van der Waals surface area contributed by atoms with Crippen LogP contribution in [0.1, 0.15) is 23.2 Å². The van der Waals surface area contributed by atoms with Gasteiger partial charge in [-0.25, -0.2) is 0 Å². The summed E-state index contributed by atoms with van der Waals surface area (Å²) in [5.41, 5.74) is 1.96. The van der Waals surface area contributed by atoms with Gasteiger partial charge in [0.05, 0.1) is 0 Å². The van der Waals surface area contributed by atoms with Crippen molar-refractivity contribution < 1.29 is 9.59 Å². The Morgan fingerprint density at radius 1 is 1.07 bits per heavy atom. The molecular weight excluding hydrogens is 358 g/mol. The number of anilines is 2. The number of carbonyl (C=O) groups is 2. The van der Waals surface area contributed by atoms with Crippen LogP contribution in [0.3, 0.4) is 0 Å². The van der Waals surface area contributed by atoms with Crippen LogP contribution in [0, 0.1) is 5.92 Å². The van der Waals surface area contributed by atoms with E-state index >= 15 is 0 Å². The monoisotopic (exact) mass is 379 g/mol. The molecule has 0 radical (unpaired) electrons. The molecule has 3 heterocycles. The Balaban J connectivity index is 1.34. The maximum Gasteiger partial charge on any atom is 0.251 e. The van der Waals surface area contributed by atoms with Crippen molar-refractivity contribution >= 4 is 29.0 Å². The molecule has 0 saturated carbocycles.